The Morgan fingerprint density at radius 3 is 2.47 bits per heavy atom. The third kappa shape index (κ3) is 8.06. The van der Waals surface area contributed by atoms with Crippen molar-refractivity contribution in [3.63, 3.8) is 0 Å². The molecule has 0 N–H and O–H groups in total. The molecule has 0 fully saturated rings. The first kappa shape index (κ1) is 16.3. The maximum atomic E-state index is 10.7. The Bertz CT molecular complexity index is 360. The predicted molar refractivity (Wildman–Crippen MR) is 81.9 cm³/mol. The Hall–Kier alpha value is -0.800. The van der Waals surface area contributed by atoms with Gasteiger partial charge in [0.25, 0.3) is 0 Å². The minimum absolute atomic E-state index is 0.287. The SMILES string of the molecule is CSc1ccc(CCOCCCCCC(C)=O)cc1. The van der Waals surface area contributed by atoms with Gasteiger partial charge in [-0.05, 0) is 50.1 Å². The van der Waals surface area contributed by atoms with Crippen LogP contribution < -0.4 is 0 Å². The number of hydrogen-bond donors (Lipinski definition) is 0. The minimum atomic E-state index is 0.287. The molecule has 0 saturated heterocycles. The first-order valence-electron chi connectivity index (χ1n) is 6.92. The van der Waals surface area contributed by atoms with Gasteiger partial charge in [-0.15, -0.1) is 11.8 Å². The number of ether oxygens (including phenoxy) is 1. The molecule has 3 heteroatoms. The molecule has 1 rings (SSSR count). The molecule has 0 saturated carbocycles. The molecule has 0 unspecified atom stereocenters. The molecule has 0 radical (unpaired) electrons. The molecule has 0 aliphatic heterocycles. The van der Waals surface area contributed by atoms with Gasteiger partial charge in [0.05, 0.1) is 6.61 Å². The van der Waals surface area contributed by atoms with E-state index in [-0.39, 0.29) is 5.78 Å². The fourth-order valence-electron chi connectivity index (χ4n) is 1.84. The third-order valence-corrected chi connectivity index (χ3v) is 3.76. The number of ketones is 1. The van der Waals surface area contributed by atoms with E-state index in [0.717, 1.165) is 38.9 Å². The highest BCUT2D eigenvalue weighted by molar-refractivity contribution is 7.98. The second-order valence-corrected chi connectivity index (χ2v) is 5.60. The zero-order valence-electron chi connectivity index (χ0n) is 12.0. The lowest BCUT2D eigenvalue weighted by Gasteiger charge is -2.05. The van der Waals surface area contributed by atoms with Crippen molar-refractivity contribution < 1.29 is 9.53 Å². The van der Waals surface area contributed by atoms with E-state index >= 15 is 0 Å². The molecule has 0 aliphatic carbocycles. The number of Topliss-reactive ketones (excluding diaryl/α,β-unsaturated/α-hetero) is 1. The topological polar surface area (TPSA) is 26.3 Å². The molecule has 19 heavy (non-hydrogen) atoms. The first-order valence-corrected chi connectivity index (χ1v) is 8.15. The molecule has 0 aromatic heterocycles. The van der Waals surface area contributed by atoms with Crippen molar-refractivity contribution in [2.45, 2.75) is 43.9 Å². The summed E-state index contributed by atoms with van der Waals surface area (Å²) in [6.07, 6.45) is 6.91. The van der Waals surface area contributed by atoms with Crippen molar-refractivity contribution in [1.29, 1.82) is 0 Å². The Labute approximate surface area is 120 Å². The number of carbonyl (C=O) groups is 1. The molecule has 0 amide bonds. The van der Waals surface area contributed by atoms with Gasteiger partial charge >= 0.3 is 0 Å². The zero-order valence-corrected chi connectivity index (χ0v) is 12.8. The smallest absolute Gasteiger partial charge is 0.129 e. The minimum Gasteiger partial charge on any atom is -0.381 e. The Morgan fingerprint density at radius 2 is 1.84 bits per heavy atom. The average molecular weight is 280 g/mol. The molecule has 1 aromatic rings. The lowest BCUT2D eigenvalue weighted by atomic mass is 10.1. The molecular formula is C16H24O2S. The summed E-state index contributed by atoms with van der Waals surface area (Å²) >= 11 is 1.76. The quantitative estimate of drug-likeness (QED) is 0.476. The van der Waals surface area contributed by atoms with Crippen LogP contribution in [-0.2, 0) is 16.0 Å². The Balaban J connectivity index is 1.99. The summed E-state index contributed by atoms with van der Waals surface area (Å²) in [5.41, 5.74) is 1.33. The first-order chi connectivity index (χ1) is 9.22. The Kier molecular flexibility index (Phi) is 8.59. The van der Waals surface area contributed by atoms with Gasteiger partial charge in [0.1, 0.15) is 5.78 Å². The van der Waals surface area contributed by atoms with E-state index in [1.807, 2.05) is 0 Å². The van der Waals surface area contributed by atoms with Crippen LogP contribution in [0.25, 0.3) is 0 Å². The van der Waals surface area contributed by atoms with E-state index in [4.69, 9.17) is 4.74 Å². The van der Waals surface area contributed by atoms with Crippen LogP contribution in [0.5, 0.6) is 0 Å². The molecular weight excluding hydrogens is 256 g/mol. The lowest BCUT2D eigenvalue weighted by molar-refractivity contribution is -0.117. The largest absolute Gasteiger partial charge is 0.381 e. The summed E-state index contributed by atoms with van der Waals surface area (Å²) in [6.45, 7) is 3.24. The van der Waals surface area contributed by atoms with Crippen molar-refractivity contribution in [2.24, 2.45) is 0 Å². The van der Waals surface area contributed by atoms with Gasteiger partial charge in [-0.3, -0.25) is 0 Å². The lowest BCUT2D eigenvalue weighted by Crippen LogP contribution is -2.00. The average Bonchev–Trinajstić information content (AvgIpc) is 2.42. The van der Waals surface area contributed by atoms with Crippen molar-refractivity contribution >= 4 is 17.5 Å². The number of thioether (sulfide) groups is 1. The normalized spacial score (nSPS) is 10.6. The van der Waals surface area contributed by atoms with Crippen LogP contribution >= 0.6 is 11.8 Å². The van der Waals surface area contributed by atoms with Crippen molar-refractivity contribution in [3.8, 4) is 0 Å². The zero-order chi connectivity index (χ0) is 13.9. The molecule has 1 aromatic carbocycles. The maximum absolute atomic E-state index is 10.7. The highest BCUT2D eigenvalue weighted by atomic mass is 32.2. The van der Waals surface area contributed by atoms with Gasteiger partial charge < -0.3 is 9.53 Å². The highest BCUT2D eigenvalue weighted by Gasteiger charge is 1.96. The van der Waals surface area contributed by atoms with E-state index in [9.17, 15) is 4.79 Å². The monoisotopic (exact) mass is 280 g/mol. The van der Waals surface area contributed by atoms with Crippen LogP contribution in [0.15, 0.2) is 29.2 Å². The third-order valence-electron chi connectivity index (χ3n) is 3.01. The molecule has 0 bridgehead atoms. The molecule has 0 spiro atoms. The fourth-order valence-corrected chi connectivity index (χ4v) is 2.25. The standard InChI is InChI=1S/C16H24O2S/c1-14(17)6-4-3-5-12-18-13-11-15-7-9-16(19-2)10-8-15/h7-10H,3-6,11-13H2,1-2H3. The second kappa shape index (κ2) is 10.0. The summed E-state index contributed by atoms with van der Waals surface area (Å²) in [4.78, 5) is 12.0. The number of unbranched alkanes of at least 4 members (excludes halogenated alkanes) is 2. The van der Waals surface area contributed by atoms with Crippen molar-refractivity contribution in [2.75, 3.05) is 19.5 Å². The van der Waals surface area contributed by atoms with E-state index in [1.54, 1.807) is 18.7 Å². The van der Waals surface area contributed by atoms with Crippen molar-refractivity contribution in [1.82, 2.24) is 0 Å². The summed E-state index contributed by atoms with van der Waals surface area (Å²) in [7, 11) is 0. The second-order valence-electron chi connectivity index (χ2n) is 4.72. The van der Waals surface area contributed by atoms with Crippen LogP contribution in [0.1, 0.15) is 38.2 Å². The van der Waals surface area contributed by atoms with Gasteiger partial charge in [-0.2, -0.15) is 0 Å². The summed E-state index contributed by atoms with van der Waals surface area (Å²) in [5, 5.41) is 0. The van der Waals surface area contributed by atoms with Gasteiger partial charge in [-0.1, -0.05) is 18.6 Å². The van der Waals surface area contributed by atoms with E-state index < -0.39 is 0 Å². The summed E-state index contributed by atoms with van der Waals surface area (Å²) in [6, 6.07) is 8.65. The van der Waals surface area contributed by atoms with Crippen LogP contribution in [0.3, 0.4) is 0 Å². The van der Waals surface area contributed by atoms with Gasteiger partial charge in [-0.25, -0.2) is 0 Å². The molecule has 0 atom stereocenters. The maximum Gasteiger partial charge on any atom is 0.129 e. The van der Waals surface area contributed by atoms with E-state index in [2.05, 4.69) is 30.5 Å². The number of hydrogen-bond acceptors (Lipinski definition) is 3. The predicted octanol–water partition coefficient (Wildman–Crippen LogP) is 4.12. The van der Waals surface area contributed by atoms with E-state index in [1.165, 1.54) is 10.5 Å². The Morgan fingerprint density at radius 1 is 1.11 bits per heavy atom. The molecule has 0 heterocycles. The summed E-state index contributed by atoms with van der Waals surface area (Å²) < 4.78 is 5.61. The van der Waals surface area contributed by atoms with Gasteiger partial charge in [0, 0.05) is 17.9 Å². The fraction of sp³-hybridized carbons (Fsp3) is 0.562. The molecule has 2 nitrogen and oxygen atoms in total. The summed E-state index contributed by atoms with van der Waals surface area (Å²) in [5.74, 6) is 0.287. The van der Waals surface area contributed by atoms with Crippen LogP contribution in [0.4, 0.5) is 0 Å². The van der Waals surface area contributed by atoms with Crippen LogP contribution in [-0.4, -0.2) is 25.3 Å². The van der Waals surface area contributed by atoms with Crippen molar-refractivity contribution in [3.05, 3.63) is 29.8 Å². The number of carbonyl (C=O) groups excluding carboxylic acids is 1. The van der Waals surface area contributed by atoms with E-state index in [0.29, 0.717) is 6.42 Å². The number of benzene rings is 1. The van der Waals surface area contributed by atoms with Gasteiger partial charge in [0.15, 0.2) is 0 Å². The molecule has 0 aliphatic rings. The molecule has 106 valence electrons. The highest BCUT2D eigenvalue weighted by Crippen LogP contribution is 2.15. The van der Waals surface area contributed by atoms with Crippen LogP contribution in [0, 0.1) is 0 Å². The van der Waals surface area contributed by atoms with Crippen LogP contribution in [0.2, 0.25) is 0 Å². The number of rotatable bonds is 10. The van der Waals surface area contributed by atoms with Gasteiger partial charge in [0.2, 0.25) is 0 Å².